The molecule has 7 heteroatoms. The van der Waals surface area contributed by atoms with Crippen molar-refractivity contribution in [3.05, 3.63) is 51.1 Å². The number of ether oxygens (including phenoxy) is 1. The van der Waals surface area contributed by atoms with Crippen LogP contribution in [0.2, 0.25) is 5.02 Å². The molecule has 0 amide bonds. The Labute approximate surface area is 134 Å². The van der Waals surface area contributed by atoms with Crippen molar-refractivity contribution in [3.63, 3.8) is 0 Å². The van der Waals surface area contributed by atoms with Gasteiger partial charge in [0.15, 0.2) is 0 Å². The van der Waals surface area contributed by atoms with Gasteiger partial charge in [0.1, 0.15) is 11.6 Å². The molecule has 1 atom stereocenters. The van der Waals surface area contributed by atoms with Crippen molar-refractivity contribution in [2.24, 2.45) is 0 Å². The molecule has 1 N–H and O–H groups in total. The van der Waals surface area contributed by atoms with E-state index in [1.807, 2.05) is 6.92 Å². The Hall–Kier alpha value is -1.53. The van der Waals surface area contributed by atoms with Gasteiger partial charge in [-0.25, -0.2) is 9.18 Å². The molecule has 0 saturated carbocycles. The number of carbonyl (C=O) groups excluding carboxylic acids is 1. The average molecular weight is 377 g/mol. The highest BCUT2D eigenvalue weighted by molar-refractivity contribution is 9.10. The lowest BCUT2D eigenvalue weighted by Crippen LogP contribution is -2.07. The lowest BCUT2D eigenvalue weighted by molar-refractivity contribution is 0.0562. The Kier molecular flexibility index (Phi) is 4.90. The van der Waals surface area contributed by atoms with E-state index in [9.17, 15) is 9.18 Å². The standard InChI is InChI=1S/C14H12BrClFNO3/c1-7(11-3-4-12(21-11)14(19)20-2)18-13-9(15)5-8(17)6-10(13)16/h3-7,18H,1-2H3. The predicted molar refractivity (Wildman–Crippen MR) is 81.2 cm³/mol. The minimum Gasteiger partial charge on any atom is -0.463 e. The molecule has 0 spiro atoms. The number of hydrogen-bond donors (Lipinski definition) is 1. The smallest absolute Gasteiger partial charge is 0.373 e. The molecular formula is C14H12BrClFNO3. The zero-order valence-electron chi connectivity index (χ0n) is 11.2. The fourth-order valence-corrected chi connectivity index (χ4v) is 2.69. The Morgan fingerprint density at radius 3 is 2.81 bits per heavy atom. The number of methoxy groups -OCH3 is 1. The van der Waals surface area contributed by atoms with Crippen molar-refractivity contribution >= 4 is 39.2 Å². The first-order valence-corrected chi connectivity index (χ1v) is 7.18. The minimum absolute atomic E-state index is 0.116. The molecule has 0 radical (unpaired) electrons. The van der Waals surface area contributed by atoms with Crippen LogP contribution in [0.3, 0.4) is 0 Å². The molecule has 4 nitrogen and oxygen atoms in total. The third-order valence-corrected chi connectivity index (χ3v) is 3.73. The van der Waals surface area contributed by atoms with Crippen molar-refractivity contribution < 1.29 is 18.3 Å². The molecule has 1 heterocycles. The van der Waals surface area contributed by atoms with Crippen molar-refractivity contribution in [1.82, 2.24) is 0 Å². The number of esters is 1. The van der Waals surface area contributed by atoms with Gasteiger partial charge in [-0.1, -0.05) is 11.6 Å². The van der Waals surface area contributed by atoms with Gasteiger partial charge in [0.05, 0.1) is 23.9 Å². The third kappa shape index (κ3) is 3.57. The first-order chi connectivity index (χ1) is 9.92. The Bertz CT molecular complexity index is 651. The molecule has 0 aliphatic carbocycles. The van der Waals surface area contributed by atoms with E-state index in [-0.39, 0.29) is 16.8 Å². The summed E-state index contributed by atoms with van der Waals surface area (Å²) in [6.07, 6.45) is 0. The van der Waals surface area contributed by atoms with E-state index in [1.54, 1.807) is 6.07 Å². The summed E-state index contributed by atoms with van der Waals surface area (Å²) in [5.41, 5.74) is 0.543. The van der Waals surface area contributed by atoms with Crippen LogP contribution in [-0.4, -0.2) is 13.1 Å². The van der Waals surface area contributed by atoms with Crippen LogP contribution in [-0.2, 0) is 4.74 Å². The van der Waals surface area contributed by atoms with E-state index < -0.39 is 11.8 Å². The second-order valence-corrected chi connectivity index (χ2v) is 5.57. The zero-order valence-corrected chi connectivity index (χ0v) is 13.6. The number of rotatable bonds is 4. The highest BCUT2D eigenvalue weighted by Crippen LogP contribution is 2.34. The molecule has 1 aromatic carbocycles. The summed E-state index contributed by atoms with van der Waals surface area (Å²) in [7, 11) is 1.28. The maximum Gasteiger partial charge on any atom is 0.373 e. The van der Waals surface area contributed by atoms with Crippen molar-refractivity contribution in [3.8, 4) is 0 Å². The van der Waals surface area contributed by atoms with Crippen LogP contribution in [0.4, 0.5) is 10.1 Å². The highest BCUT2D eigenvalue weighted by atomic mass is 79.9. The summed E-state index contributed by atoms with van der Waals surface area (Å²) in [4.78, 5) is 11.3. The molecule has 0 saturated heterocycles. The molecule has 0 aliphatic rings. The van der Waals surface area contributed by atoms with Crippen molar-refractivity contribution in [2.75, 3.05) is 12.4 Å². The second kappa shape index (κ2) is 6.49. The molecule has 1 aromatic heterocycles. The van der Waals surface area contributed by atoms with E-state index in [0.717, 1.165) is 0 Å². The fourth-order valence-electron chi connectivity index (χ4n) is 1.76. The van der Waals surface area contributed by atoms with Gasteiger partial charge in [0.2, 0.25) is 5.76 Å². The highest BCUT2D eigenvalue weighted by Gasteiger charge is 2.17. The van der Waals surface area contributed by atoms with Crippen molar-refractivity contribution in [2.45, 2.75) is 13.0 Å². The number of carbonyl (C=O) groups is 1. The Balaban J connectivity index is 2.20. The summed E-state index contributed by atoms with van der Waals surface area (Å²) in [6, 6.07) is 5.44. The molecule has 2 rings (SSSR count). The Morgan fingerprint density at radius 2 is 2.19 bits per heavy atom. The summed E-state index contributed by atoms with van der Waals surface area (Å²) >= 11 is 9.25. The maximum atomic E-state index is 13.2. The largest absolute Gasteiger partial charge is 0.463 e. The Morgan fingerprint density at radius 1 is 1.48 bits per heavy atom. The molecule has 1 unspecified atom stereocenters. The van der Waals surface area contributed by atoms with Crippen LogP contribution in [0.1, 0.15) is 29.3 Å². The van der Waals surface area contributed by atoms with E-state index >= 15 is 0 Å². The van der Waals surface area contributed by atoms with Crippen LogP contribution in [0.25, 0.3) is 0 Å². The van der Waals surface area contributed by atoms with Crippen LogP contribution >= 0.6 is 27.5 Å². The molecular weight excluding hydrogens is 365 g/mol. The number of halogens is 3. The number of benzene rings is 1. The molecule has 0 aliphatic heterocycles. The first-order valence-electron chi connectivity index (χ1n) is 6.01. The van der Waals surface area contributed by atoms with E-state index in [0.29, 0.717) is 15.9 Å². The van der Waals surface area contributed by atoms with Crippen LogP contribution in [0.5, 0.6) is 0 Å². The van der Waals surface area contributed by atoms with E-state index in [2.05, 4.69) is 26.0 Å². The molecule has 112 valence electrons. The predicted octanol–water partition coefficient (Wildman–Crippen LogP) is 4.79. The normalized spacial score (nSPS) is 12.0. The maximum absolute atomic E-state index is 13.2. The average Bonchev–Trinajstić information content (AvgIpc) is 2.91. The van der Waals surface area contributed by atoms with E-state index in [4.69, 9.17) is 16.0 Å². The first kappa shape index (κ1) is 15.9. The number of anilines is 1. The van der Waals surface area contributed by atoms with Gasteiger partial charge in [0, 0.05) is 4.47 Å². The monoisotopic (exact) mass is 375 g/mol. The quantitative estimate of drug-likeness (QED) is 0.779. The van der Waals surface area contributed by atoms with Gasteiger partial charge in [0.25, 0.3) is 0 Å². The van der Waals surface area contributed by atoms with Gasteiger partial charge in [-0.2, -0.15) is 0 Å². The van der Waals surface area contributed by atoms with E-state index in [1.165, 1.54) is 25.3 Å². The number of furan rings is 1. The van der Waals surface area contributed by atoms with Crippen LogP contribution in [0, 0.1) is 5.82 Å². The van der Waals surface area contributed by atoms with Gasteiger partial charge in [-0.15, -0.1) is 0 Å². The third-order valence-electron chi connectivity index (χ3n) is 2.81. The summed E-state index contributed by atoms with van der Waals surface area (Å²) in [5.74, 6) is -0.335. The molecule has 2 aromatic rings. The lowest BCUT2D eigenvalue weighted by Gasteiger charge is -2.16. The van der Waals surface area contributed by atoms with Crippen molar-refractivity contribution in [1.29, 1.82) is 0 Å². The second-order valence-electron chi connectivity index (χ2n) is 4.30. The SMILES string of the molecule is COC(=O)c1ccc(C(C)Nc2c(Cl)cc(F)cc2Br)o1. The molecule has 0 bridgehead atoms. The van der Waals surface area contributed by atoms with Crippen LogP contribution in [0.15, 0.2) is 33.2 Å². The number of hydrogen-bond acceptors (Lipinski definition) is 4. The lowest BCUT2D eigenvalue weighted by atomic mass is 10.2. The zero-order chi connectivity index (χ0) is 15.6. The summed E-state index contributed by atoms with van der Waals surface area (Å²) < 4.78 is 23.7. The van der Waals surface area contributed by atoms with Gasteiger partial charge < -0.3 is 14.5 Å². The number of nitrogens with one attached hydrogen (secondary N) is 1. The fraction of sp³-hybridized carbons (Fsp3) is 0.214. The summed E-state index contributed by atoms with van der Waals surface area (Å²) in [5, 5.41) is 3.34. The van der Waals surface area contributed by atoms with Gasteiger partial charge in [-0.3, -0.25) is 0 Å². The van der Waals surface area contributed by atoms with Gasteiger partial charge >= 0.3 is 5.97 Å². The van der Waals surface area contributed by atoms with Crippen LogP contribution < -0.4 is 5.32 Å². The van der Waals surface area contributed by atoms with Gasteiger partial charge in [-0.05, 0) is 47.1 Å². The topological polar surface area (TPSA) is 51.5 Å². The summed E-state index contributed by atoms with van der Waals surface area (Å²) in [6.45, 7) is 1.83. The molecule has 21 heavy (non-hydrogen) atoms. The minimum atomic E-state index is -0.547. The molecule has 0 fully saturated rings.